The summed E-state index contributed by atoms with van der Waals surface area (Å²) in [7, 11) is 0. The maximum absolute atomic E-state index is 11.6. The van der Waals surface area contributed by atoms with Gasteiger partial charge in [0.1, 0.15) is 0 Å². The average Bonchev–Trinajstić information content (AvgIpc) is 2.39. The monoisotopic (exact) mass is 259 g/mol. The van der Waals surface area contributed by atoms with Gasteiger partial charge in [0, 0.05) is 11.8 Å². The van der Waals surface area contributed by atoms with Gasteiger partial charge >= 0.3 is 5.97 Å². The lowest BCUT2D eigenvalue weighted by atomic mass is 10.2. The Labute approximate surface area is 112 Å². The Morgan fingerprint density at radius 3 is 2.68 bits per heavy atom. The van der Waals surface area contributed by atoms with E-state index in [1.165, 1.54) is 6.08 Å². The zero-order valence-corrected chi connectivity index (χ0v) is 11.1. The third-order valence-electron chi connectivity index (χ3n) is 2.30. The van der Waals surface area contributed by atoms with Crippen LogP contribution < -0.4 is 5.32 Å². The predicted molar refractivity (Wildman–Crippen MR) is 74.7 cm³/mol. The van der Waals surface area contributed by atoms with E-state index in [2.05, 4.69) is 5.32 Å². The quantitative estimate of drug-likeness (QED) is 0.502. The summed E-state index contributed by atoms with van der Waals surface area (Å²) in [6.45, 7) is 3.43. The van der Waals surface area contributed by atoms with Crippen LogP contribution in [0.1, 0.15) is 12.5 Å². The molecule has 0 saturated carbocycles. The Morgan fingerprint density at radius 2 is 2.00 bits per heavy atom. The predicted octanol–water partition coefficient (Wildman–Crippen LogP) is 2.61. The molecular formula is C15H17NO3. The number of allylic oxidation sites excluding steroid dienone is 3. The molecule has 4 heteroatoms. The number of aryl methyl sites for hydroxylation is 1. The van der Waals surface area contributed by atoms with E-state index in [4.69, 9.17) is 4.74 Å². The highest BCUT2D eigenvalue weighted by Gasteiger charge is 2.06. The normalized spacial score (nSPS) is 10.8. The molecule has 0 aliphatic rings. The van der Waals surface area contributed by atoms with E-state index in [1.807, 2.05) is 32.0 Å². The molecule has 0 atom stereocenters. The van der Waals surface area contributed by atoms with Gasteiger partial charge in [-0.05, 0) is 25.5 Å². The SMILES string of the molecule is C/C=C/C=C/C(=O)OCC(=O)Nc1ccccc1C. The summed E-state index contributed by atoms with van der Waals surface area (Å²) >= 11 is 0. The Kier molecular flexibility index (Phi) is 6.09. The molecule has 0 fully saturated rings. The number of rotatable bonds is 5. The molecule has 0 aromatic heterocycles. The highest BCUT2D eigenvalue weighted by molar-refractivity contribution is 5.94. The summed E-state index contributed by atoms with van der Waals surface area (Å²) in [6, 6.07) is 7.40. The lowest BCUT2D eigenvalue weighted by Crippen LogP contribution is -2.20. The van der Waals surface area contributed by atoms with Crippen molar-refractivity contribution in [3.63, 3.8) is 0 Å². The molecule has 0 unspecified atom stereocenters. The average molecular weight is 259 g/mol. The molecule has 19 heavy (non-hydrogen) atoms. The van der Waals surface area contributed by atoms with E-state index in [0.717, 1.165) is 5.56 Å². The molecule has 4 nitrogen and oxygen atoms in total. The first-order valence-electron chi connectivity index (χ1n) is 5.95. The molecule has 1 aromatic carbocycles. The van der Waals surface area contributed by atoms with Crippen LogP contribution in [-0.2, 0) is 14.3 Å². The van der Waals surface area contributed by atoms with Crippen molar-refractivity contribution in [3.05, 3.63) is 54.1 Å². The second-order valence-corrected chi connectivity index (χ2v) is 3.86. The standard InChI is InChI=1S/C15H17NO3/c1-3-4-5-10-15(18)19-11-14(17)16-13-9-7-6-8-12(13)2/h3-10H,11H2,1-2H3,(H,16,17)/b4-3+,10-5+. The number of amides is 1. The Morgan fingerprint density at radius 1 is 1.26 bits per heavy atom. The summed E-state index contributed by atoms with van der Waals surface area (Å²) in [4.78, 5) is 22.8. The number of nitrogens with one attached hydrogen (secondary N) is 1. The smallest absolute Gasteiger partial charge is 0.331 e. The minimum Gasteiger partial charge on any atom is -0.452 e. The van der Waals surface area contributed by atoms with Crippen molar-refractivity contribution in [2.45, 2.75) is 13.8 Å². The first kappa shape index (κ1) is 14.7. The van der Waals surface area contributed by atoms with E-state index in [-0.39, 0.29) is 12.5 Å². The van der Waals surface area contributed by atoms with Crippen LogP contribution in [0.4, 0.5) is 5.69 Å². The van der Waals surface area contributed by atoms with Crippen molar-refractivity contribution in [1.29, 1.82) is 0 Å². The van der Waals surface area contributed by atoms with Crippen LogP contribution in [0.3, 0.4) is 0 Å². The van der Waals surface area contributed by atoms with Crippen molar-refractivity contribution in [2.24, 2.45) is 0 Å². The van der Waals surface area contributed by atoms with Crippen LogP contribution in [0.15, 0.2) is 48.6 Å². The number of benzene rings is 1. The number of carbonyl (C=O) groups excluding carboxylic acids is 2. The van der Waals surface area contributed by atoms with Gasteiger partial charge < -0.3 is 10.1 Å². The second kappa shape index (κ2) is 7.87. The van der Waals surface area contributed by atoms with Gasteiger partial charge in [-0.2, -0.15) is 0 Å². The molecule has 0 heterocycles. The summed E-state index contributed by atoms with van der Waals surface area (Å²) in [5.41, 5.74) is 1.67. The molecule has 1 rings (SSSR count). The van der Waals surface area contributed by atoms with Gasteiger partial charge in [0.25, 0.3) is 5.91 Å². The van der Waals surface area contributed by atoms with Crippen LogP contribution in [0.2, 0.25) is 0 Å². The number of anilines is 1. The Balaban J connectivity index is 2.40. The van der Waals surface area contributed by atoms with Crippen molar-refractivity contribution < 1.29 is 14.3 Å². The molecular weight excluding hydrogens is 242 g/mol. The first-order valence-corrected chi connectivity index (χ1v) is 5.95. The molecule has 0 aliphatic carbocycles. The fourth-order valence-corrected chi connectivity index (χ4v) is 1.33. The van der Waals surface area contributed by atoms with Crippen molar-refractivity contribution in [2.75, 3.05) is 11.9 Å². The van der Waals surface area contributed by atoms with Crippen LogP contribution in [-0.4, -0.2) is 18.5 Å². The number of para-hydroxylation sites is 1. The molecule has 0 saturated heterocycles. The van der Waals surface area contributed by atoms with Gasteiger partial charge in [0.15, 0.2) is 6.61 Å². The summed E-state index contributed by atoms with van der Waals surface area (Å²) < 4.78 is 4.79. The van der Waals surface area contributed by atoms with Gasteiger partial charge in [-0.3, -0.25) is 4.79 Å². The third-order valence-corrected chi connectivity index (χ3v) is 2.30. The number of ether oxygens (including phenoxy) is 1. The van der Waals surface area contributed by atoms with E-state index in [9.17, 15) is 9.59 Å². The molecule has 1 amide bonds. The van der Waals surface area contributed by atoms with Crippen LogP contribution in [0.25, 0.3) is 0 Å². The van der Waals surface area contributed by atoms with Crippen LogP contribution in [0, 0.1) is 6.92 Å². The third kappa shape index (κ3) is 5.68. The van der Waals surface area contributed by atoms with E-state index in [1.54, 1.807) is 24.3 Å². The van der Waals surface area contributed by atoms with Gasteiger partial charge in [-0.1, -0.05) is 36.4 Å². The number of hydrogen-bond acceptors (Lipinski definition) is 3. The molecule has 1 N–H and O–H groups in total. The number of hydrogen-bond donors (Lipinski definition) is 1. The van der Waals surface area contributed by atoms with E-state index in [0.29, 0.717) is 5.69 Å². The van der Waals surface area contributed by atoms with Crippen molar-refractivity contribution >= 4 is 17.6 Å². The maximum Gasteiger partial charge on any atom is 0.331 e. The van der Waals surface area contributed by atoms with Gasteiger partial charge in [0.05, 0.1) is 0 Å². The van der Waals surface area contributed by atoms with Crippen LogP contribution >= 0.6 is 0 Å². The van der Waals surface area contributed by atoms with E-state index < -0.39 is 5.97 Å². The Bertz CT molecular complexity index is 504. The minimum absolute atomic E-state index is 0.298. The van der Waals surface area contributed by atoms with Gasteiger partial charge in [0.2, 0.25) is 0 Å². The fourth-order valence-electron chi connectivity index (χ4n) is 1.33. The largest absolute Gasteiger partial charge is 0.452 e. The molecule has 0 spiro atoms. The summed E-state index contributed by atoms with van der Waals surface area (Å²) in [6.07, 6.45) is 6.31. The summed E-state index contributed by atoms with van der Waals surface area (Å²) in [5.74, 6) is -0.903. The number of carbonyl (C=O) groups is 2. The molecule has 1 aromatic rings. The summed E-state index contributed by atoms with van der Waals surface area (Å²) in [5, 5.41) is 2.68. The highest BCUT2D eigenvalue weighted by Crippen LogP contribution is 2.12. The van der Waals surface area contributed by atoms with Crippen LogP contribution in [0.5, 0.6) is 0 Å². The van der Waals surface area contributed by atoms with Gasteiger partial charge in [-0.15, -0.1) is 0 Å². The topological polar surface area (TPSA) is 55.4 Å². The zero-order valence-electron chi connectivity index (χ0n) is 11.1. The molecule has 0 bridgehead atoms. The molecule has 0 aliphatic heterocycles. The maximum atomic E-state index is 11.6. The van der Waals surface area contributed by atoms with Crippen molar-refractivity contribution in [1.82, 2.24) is 0 Å². The van der Waals surface area contributed by atoms with E-state index >= 15 is 0 Å². The zero-order chi connectivity index (χ0) is 14.1. The fraction of sp³-hybridized carbons (Fsp3) is 0.200. The first-order chi connectivity index (χ1) is 9.13. The highest BCUT2D eigenvalue weighted by atomic mass is 16.5. The second-order valence-electron chi connectivity index (χ2n) is 3.86. The number of esters is 1. The van der Waals surface area contributed by atoms with Crippen molar-refractivity contribution in [3.8, 4) is 0 Å². The Hall–Kier alpha value is -2.36. The van der Waals surface area contributed by atoms with Gasteiger partial charge in [-0.25, -0.2) is 4.79 Å². The lowest BCUT2D eigenvalue weighted by Gasteiger charge is -2.07. The lowest BCUT2D eigenvalue weighted by molar-refractivity contribution is -0.142. The molecule has 0 radical (unpaired) electrons. The minimum atomic E-state index is -0.543. The molecule has 100 valence electrons.